The molecule has 0 amide bonds. The number of nitrogens with one attached hydrogen (secondary N) is 1. The molecule has 0 aliphatic carbocycles. The quantitative estimate of drug-likeness (QED) is 0.821. The van der Waals surface area contributed by atoms with Crippen LogP contribution in [0.4, 0.5) is 11.6 Å². The van der Waals surface area contributed by atoms with Crippen molar-refractivity contribution in [3.8, 4) is 0 Å². The number of piperidine rings is 1. The van der Waals surface area contributed by atoms with Crippen LogP contribution in [0, 0.1) is 5.92 Å². The number of hydrogen-bond donors (Lipinski definition) is 2. The van der Waals surface area contributed by atoms with E-state index in [2.05, 4.69) is 27.2 Å². The lowest BCUT2D eigenvalue weighted by Crippen LogP contribution is -2.30. The van der Waals surface area contributed by atoms with Gasteiger partial charge in [-0.1, -0.05) is 0 Å². The van der Waals surface area contributed by atoms with Crippen LogP contribution in [0.5, 0.6) is 0 Å². The highest BCUT2D eigenvalue weighted by Gasteiger charge is 2.15. The van der Waals surface area contributed by atoms with E-state index < -0.39 is 0 Å². The van der Waals surface area contributed by atoms with Crippen LogP contribution in [0.1, 0.15) is 19.3 Å². The highest BCUT2D eigenvalue weighted by Crippen LogP contribution is 2.19. The average molecular weight is 235 g/mol. The van der Waals surface area contributed by atoms with Gasteiger partial charge in [-0.15, -0.1) is 0 Å². The molecule has 3 N–H and O–H groups in total. The summed E-state index contributed by atoms with van der Waals surface area (Å²) in [5, 5.41) is 3.24. The lowest BCUT2D eigenvalue weighted by atomic mass is 9.94. The van der Waals surface area contributed by atoms with Gasteiger partial charge in [0.15, 0.2) is 0 Å². The molecule has 0 spiro atoms. The SMILES string of the molecule is CN1CCC(CCNc2ncc(N)cn2)CC1. The maximum Gasteiger partial charge on any atom is 0.222 e. The molecule has 0 radical (unpaired) electrons. The Labute approximate surface area is 102 Å². The molecule has 0 saturated carbocycles. The molecule has 0 atom stereocenters. The standard InChI is InChI=1S/C12H21N5/c1-17-6-3-10(4-7-17)2-5-14-12-15-8-11(13)9-16-12/h8-10H,2-7,13H2,1H3,(H,14,15,16). The van der Waals surface area contributed by atoms with Crippen LogP contribution in [-0.4, -0.2) is 41.5 Å². The third kappa shape index (κ3) is 3.85. The number of likely N-dealkylation sites (tertiary alicyclic amines) is 1. The summed E-state index contributed by atoms with van der Waals surface area (Å²) >= 11 is 0. The Morgan fingerprint density at radius 2 is 2.00 bits per heavy atom. The average Bonchev–Trinajstić information content (AvgIpc) is 2.34. The Hall–Kier alpha value is -1.36. The number of nitrogens with two attached hydrogens (primary N) is 1. The summed E-state index contributed by atoms with van der Waals surface area (Å²) in [6.45, 7) is 3.39. The van der Waals surface area contributed by atoms with E-state index in [0.29, 0.717) is 11.6 Å². The van der Waals surface area contributed by atoms with Crippen molar-refractivity contribution in [2.75, 3.05) is 37.7 Å². The van der Waals surface area contributed by atoms with Gasteiger partial charge in [0.25, 0.3) is 0 Å². The lowest BCUT2D eigenvalue weighted by molar-refractivity contribution is 0.215. The van der Waals surface area contributed by atoms with Crippen LogP contribution in [0.15, 0.2) is 12.4 Å². The van der Waals surface area contributed by atoms with Crippen LogP contribution < -0.4 is 11.1 Å². The molecule has 1 aromatic rings. The Balaban J connectivity index is 1.67. The first-order valence-electron chi connectivity index (χ1n) is 6.24. The van der Waals surface area contributed by atoms with Gasteiger partial charge >= 0.3 is 0 Å². The molecule has 94 valence electrons. The molecule has 5 heteroatoms. The van der Waals surface area contributed by atoms with Gasteiger partial charge in [0.1, 0.15) is 0 Å². The molecule has 5 nitrogen and oxygen atoms in total. The second kappa shape index (κ2) is 5.82. The van der Waals surface area contributed by atoms with Gasteiger partial charge in [-0.25, -0.2) is 9.97 Å². The molecule has 17 heavy (non-hydrogen) atoms. The van der Waals surface area contributed by atoms with Gasteiger partial charge in [-0.2, -0.15) is 0 Å². The lowest BCUT2D eigenvalue weighted by Gasteiger charge is -2.28. The van der Waals surface area contributed by atoms with Crippen molar-refractivity contribution in [1.29, 1.82) is 0 Å². The molecule has 0 aromatic carbocycles. The Morgan fingerprint density at radius 3 is 2.65 bits per heavy atom. The van der Waals surface area contributed by atoms with Crippen molar-refractivity contribution in [2.45, 2.75) is 19.3 Å². The van der Waals surface area contributed by atoms with Crippen molar-refractivity contribution < 1.29 is 0 Å². The maximum absolute atomic E-state index is 5.53. The third-order valence-electron chi connectivity index (χ3n) is 3.35. The number of nitrogens with zero attached hydrogens (tertiary/aromatic N) is 3. The van der Waals surface area contributed by atoms with Crippen LogP contribution in [0.25, 0.3) is 0 Å². The summed E-state index contributed by atoms with van der Waals surface area (Å²) in [5.41, 5.74) is 6.13. The molecule has 1 aliphatic heterocycles. The molecule has 2 rings (SSSR count). The smallest absolute Gasteiger partial charge is 0.222 e. The van der Waals surface area contributed by atoms with Crippen LogP contribution in [0.3, 0.4) is 0 Å². The highest BCUT2D eigenvalue weighted by atomic mass is 15.1. The fourth-order valence-electron chi connectivity index (χ4n) is 2.17. The zero-order chi connectivity index (χ0) is 12.1. The molecule has 1 saturated heterocycles. The molecule has 1 aromatic heterocycles. The van der Waals surface area contributed by atoms with Crippen molar-refractivity contribution in [2.24, 2.45) is 5.92 Å². The summed E-state index contributed by atoms with van der Waals surface area (Å²) in [6, 6.07) is 0. The summed E-state index contributed by atoms with van der Waals surface area (Å²) in [7, 11) is 2.19. The predicted octanol–water partition coefficient (Wildman–Crippen LogP) is 1.20. The molecular formula is C12H21N5. The van der Waals surface area contributed by atoms with E-state index in [1.165, 1.54) is 32.4 Å². The fraction of sp³-hybridized carbons (Fsp3) is 0.667. The van der Waals surface area contributed by atoms with E-state index in [9.17, 15) is 0 Å². The van der Waals surface area contributed by atoms with Crippen LogP contribution in [-0.2, 0) is 0 Å². The van der Waals surface area contributed by atoms with Crippen molar-refractivity contribution in [1.82, 2.24) is 14.9 Å². The number of rotatable bonds is 4. The van der Waals surface area contributed by atoms with Gasteiger partial charge in [-0.3, -0.25) is 0 Å². The molecule has 0 bridgehead atoms. The summed E-state index contributed by atoms with van der Waals surface area (Å²) in [4.78, 5) is 10.6. The minimum atomic E-state index is 0.603. The van der Waals surface area contributed by atoms with Crippen molar-refractivity contribution >= 4 is 11.6 Å². The predicted molar refractivity (Wildman–Crippen MR) is 69.8 cm³/mol. The molecule has 2 heterocycles. The van der Waals surface area contributed by atoms with Gasteiger partial charge in [0.05, 0.1) is 18.1 Å². The number of hydrogen-bond acceptors (Lipinski definition) is 5. The Morgan fingerprint density at radius 1 is 1.35 bits per heavy atom. The zero-order valence-corrected chi connectivity index (χ0v) is 10.4. The van der Waals surface area contributed by atoms with E-state index in [1.807, 2.05) is 0 Å². The second-order valence-corrected chi connectivity index (χ2v) is 4.80. The molecular weight excluding hydrogens is 214 g/mol. The molecule has 1 aliphatic rings. The van der Waals surface area contributed by atoms with E-state index in [4.69, 9.17) is 5.73 Å². The monoisotopic (exact) mass is 235 g/mol. The summed E-state index contributed by atoms with van der Waals surface area (Å²) < 4.78 is 0. The molecule has 1 fully saturated rings. The first-order chi connectivity index (χ1) is 8.24. The van der Waals surface area contributed by atoms with E-state index in [1.54, 1.807) is 12.4 Å². The Bertz CT molecular complexity index is 329. The van der Waals surface area contributed by atoms with Crippen LogP contribution in [0.2, 0.25) is 0 Å². The fourth-order valence-corrected chi connectivity index (χ4v) is 2.17. The summed E-state index contributed by atoms with van der Waals surface area (Å²) in [6.07, 6.45) is 7.07. The van der Waals surface area contributed by atoms with Crippen LogP contribution >= 0.6 is 0 Å². The van der Waals surface area contributed by atoms with Gasteiger partial charge < -0.3 is 16.0 Å². The third-order valence-corrected chi connectivity index (χ3v) is 3.35. The summed E-state index contributed by atoms with van der Waals surface area (Å²) in [5.74, 6) is 1.51. The highest BCUT2D eigenvalue weighted by molar-refractivity contribution is 5.35. The minimum absolute atomic E-state index is 0.603. The number of aromatic nitrogens is 2. The first-order valence-corrected chi connectivity index (χ1v) is 6.24. The van der Waals surface area contributed by atoms with E-state index >= 15 is 0 Å². The zero-order valence-electron chi connectivity index (χ0n) is 10.4. The van der Waals surface area contributed by atoms with Crippen molar-refractivity contribution in [3.05, 3.63) is 12.4 Å². The second-order valence-electron chi connectivity index (χ2n) is 4.80. The first kappa shape index (κ1) is 12.1. The number of anilines is 2. The van der Waals surface area contributed by atoms with Gasteiger partial charge in [-0.05, 0) is 45.3 Å². The largest absolute Gasteiger partial charge is 0.396 e. The van der Waals surface area contributed by atoms with E-state index in [0.717, 1.165) is 12.5 Å². The maximum atomic E-state index is 5.53. The Kier molecular flexibility index (Phi) is 4.14. The van der Waals surface area contributed by atoms with Gasteiger partial charge in [0.2, 0.25) is 5.95 Å². The normalized spacial score (nSPS) is 18.2. The van der Waals surface area contributed by atoms with Crippen molar-refractivity contribution in [3.63, 3.8) is 0 Å². The number of nitrogen functional groups attached to an aromatic ring is 1. The van der Waals surface area contributed by atoms with E-state index in [-0.39, 0.29) is 0 Å². The van der Waals surface area contributed by atoms with Gasteiger partial charge in [0, 0.05) is 6.54 Å². The topological polar surface area (TPSA) is 67.1 Å². The molecule has 0 unspecified atom stereocenters. The minimum Gasteiger partial charge on any atom is -0.396 e.